The van der Waals surface area contributed by atoms with Crippen molar-refractivity contribution in [3.05, 3.63) is 83.4 Å². The van der Waals surface area contributed by atoms with Gasteiger partial charge < -0.3 is 9.64 Å². The molecule has 0 fully saturated rings. The maximum atomic E-state index is 5.64. The second-order valence-corrected chi connectivity index (χ2v) is 7.62. The summed E-state index contributed by atoms with van der Waals surface area (Å²) in [6, 6.07) is 22.9. The molecule has 0 amide bonds. The lowest BCUT2D eigenvalue weighted by Crippen LogP contribution is -2.19. The van der Waals surface area contributed by atoms with Gasteiger partial charge in [0.05, 0.1) is 6.61 Å². The van der Waals surface area contributed by atoms with E-state index in [1.165, 1.54) is 22.3 Å². The number of aromatic nitrogens is 2. The largest absolute Gasteiger partial charge is 0.494 e. The summed E-state index contributed by atoms with van der Waals surface area (Å²) < 4.78 is 5.64. The Morgan fingerprint density at radius 2 is 1.53 bits per heavy atom. The van der Waals surface area contributed by atoms with Gasteiger partial charge in [0.15, 0.2) is 5.82 Å². The zero-order valence-corrected chi connectivity index (χ0v) is 18.0. The van der Waals surface area contributed by atoms with Crippen LogP contribution in [-0.2, 0) is 6.54 Å². The first kappa shape index (κ1) is 19.9. The van der Waals surface area contributed by atoms with E-state index in [0.29, 0.717) is 6.61 Å². The van der Waals surface area contributed by atoms with Gasteiger partial charge >= 0.3 is 0 Å². The number of hydrogen-bond donors (Lipinski definition) is 0. The molecule has 0 saturated heterocycles. The summed E-state index contributed by atoms with van der Waals surface area (Å²) >= 11 is 0. The van der Waals surface area contributed by atoms with Crippen molar-refractivity contribution in [2.45, 2.75) is 27.3 Å². The maximum absolute atomic E-state index is 5.64. The van der Waals surface area contributed by atoms with Crippen molar-refractivity contribution in [2.24, 2.45) is 0 Å². The molecule has 1 aromatic heterocycles. The normalized spacial score (nSPS) is 10.9. The average molecular weight is 398 g/mol. The molecule has 0 aliphatic carbocycles. The predicted octanol–water partition coefficient (Wildman–Crippen LogP) is 5.95. The number of rotatable bonds is 6. The van der Waals surface area contributed by atoms with E-state index in [9.17, 15) is 0 Å². The molecule has 4 heteroatoms. The molecule has 1 heterocycles. The van der Waals surface area contributed by atoms with Gasteiger partial charge in [0, 0.05) is 29.9 Å². The lowest BCUT2D eigenvalue weighted by atomic mass is 9.96. The molecule has 0 radical (unpaired) electrons. The number of benzene rings is 3. The zero-order valence-electron chi connectivity index (χ0n) is 18.0. The summed E-state index contributed by atoms with van der Waals surface area (Å²) in [4.78, 5) is 2.15. The Bertz CT molecular complexity index is 1170. The second-order valence-electron chi connectivity index (χ2n) is 7.62. The molecule has 4 nitrogen and oxygen atoms in total. The molecule has 0 aliphatic rings. The third-order valence-corrected chi connectivity index (χ3v) is 5.38. The third-order valence-electron chi connectivity index (χ3n) is 5.38. The van der Waals surface area contributed by atoms with Crippen molar-refractivity contribution in [3.8, 4) is 17.0 Å². The average Bonchev–Trinajstić information content (AvgIpc) is 2.74. The van der Waals surface area contributed by atoms with Gasteiger partial charge in [-0.1, -0.05) is 54.6 Å². The Kier molecular flexibility index (Phi) is 5.66. The zero-order chi connectivity index (χ0) is 21.1. The van der Waals surface area contributed by atoms with Crippen LogP contribution < -0.4 is 9.64 Å². The van der Waals surface area contributed by atoms with Gasteiger partial charge in [-0.05, 0) is 49.6 Å². The standard InChI is InChI=1S/C26H27N3O/c1-5-30-21-13-9-12-20(16-21)17-29(4)26-23-15-7-6-14-22(23)25(27-28-26)24-18(2)10-8-11-19(24)3/h6-16H,5,17H2,1-4H3. The van der Waals surface area contributed by atoms with E-state index in [2.05, 4.69) is 85.5 Å². The smallest absolute Gasteiger partial charge is 0.159 e. The SMILES string of the molecule is CCOc1cccc(CN(C)c2nnc(-c3c(C)cccc3C)c3ccccc23)c1. The fourth-order valence-corrected chi connectivity index (χ4v) is 3.99. The van der Waals surface area contributed by atoms with Crippen LogP contribution in [0.15, 0.2) is 66.7 Å². The molecule has 0 aliphatic heterocycles. The second kappa shape index (κ2) is 8.54. The summed E-state index contributed by atoms with van der Waals surface area (Å²) in [5.41, 5.74) is 5.70. The van der Waals surface area contributed by atoms with E-state index in [1.807, 2.05) is 19.1 Å². The highest BCUT2D eigenvalue weighted by Crippen LogP contribution is 2.34. The van der Waals surface area contributed by atoms with Crippen LogP contribution in [0, 0.1) is 13.8 Å². The number of aryl methyl sites for hydroxylation is 2. The van der Waals surface area contributed by atoms with Gasteiger partial charge in [-0.25, -0.2) is 0 Å². The van der Waals surface area contributed by atoms with Crippen molar-refractivity contribution < 1.29 is 4.74 Å². The fourth-order valence-electron chi connectivity index (χ4n) is 3.99. The summed E-state index contributed by atoms with van der Waals surface area (Å²) in [6.45, 7) is 7.64. The lowest BCUT2D eigenvalue weighted by Gasteiger charge is -2.21. The van der Waals surface area contributed by atoms with Crippen LogP contribution >= 0.6 is 0 Å². The molecule has 30 heavy (non-hydrogen) atoms. The highest BCUT2D eigenvalue weighted by atomic mass is 16.5. The van der Waals surface area contributed by atoms with Gasteiger partial charge in [0.1, 0.15) is 11.4 Å². The molecular formula is C26H27N3O. The van der Waals surface area contributed by atoms with Crippen LogP contribution in [0.5, 0.6) is 5.75 Å². The molecular weight excluding hydrogens is 370 g/mol. The molecule has 152 valence electrons. The van der Waals surface area contributed by atoms with E-state index in [-0.39, 0.29) is 0 Å². The Hall–Kier alpha value is -3.40. The van der Waals surface area contributed by atoms with Crippen LogP contribution in [0.1, 0.15) is 23.6 Å². The van der Waals surface area contributed by atoms with Gasteiger partial charge in [-0.15, -0.1) is 10.2 Å². The molecule has 3 aromatic carbocycles. The van der Waals surface area contributed by atoms with Crippen LogP contribution in [0.25, 0.3) is 22.0 Å². The van der Waals surface area contributed by atoms with Crippen LogP contribution in [0.2, 0.25) is 0 Å². The van der Waals surface area contributed by atoms with Crippen molar-refractivity contribution in [1.82, 2.24) is 10.2 Å². The minimum Gasteiger partial charge on any atom is -0.494 e. The number of fused-ring (bicyclic) bond motifs is 1. The molecule has 0 N–H and O–H groups in total. The first-order valence-corrected chi connectivity index (χ1v) is 10.3. The Morgan fingerprint density at radius 3 is 2.27 bits per heavy atom. The number of nitrogens with zero attached hydrogens (tertiary/aromatic N) is 3. The van der Waals surface area contributed by atoms with Crippen LogP contribution in [0.3, 0.4) is 0 Å². The topological polar surface area (TPSA) is 38.2 Å². The van der Waals surface area contributed by atoms with E-state index < -0.39 is 0 Å². The first-order chi connectivity index (χ1) is 14.6. The van der Waals surface area contributed by atoms with Crippen LogP contribution in [0.4, 0.5) is 5.82 Å². The quantitative estimate of drug-likeness (QED) is 0.403. The van der Waals surface area contributed by atoms with Crippen molar-refractivity contribution in [1.29, 1.82) is 0 Å². The predicted molar refractivity (Wildman–Crippen MR) is 124 cm³/mol. The van der Waals surface area contributed by atoms with Crippen molar-refractivity contribution in [2.75, 3.05) is 18.6 Å². The molecule has 0 spiro atoms. The molecule has 0 unspecified atom stereocenters. The van der Waals surface area contributed by atoms with Gasteiger partial charge in [0.2, 0.25) is 0 Å². The van der Waals surface area contributed by atoms with Crippen molar-refractivity contribution in [3.63, 3.8) is 0 Å². The van der Waals surface area contributed by atoms with E-state index >= 15 is 0 Å². The third kappa shape index (κ3) is 3.86. The summed E-state index contributed by atoms with van der Waals surface area (Å²) in [5.74, 6) is 1.77. The Morgan fingerprint density at radius 1 is 0.833 bits per heavy atom. The number of ether oxygens (including phenoxy) is 1. The summed E-state index contributed by atoms with van der Waals surface area (Å²) in [7, 11) is 2.06. The van der Waals surface area contributed by atoms with Gasteiger partial charge in [0.25, 0.3) is 0 Å². The first-order valence-electron chi connectivity index (χ1n) is 10.3. The minimum atomic E-state index is 0.662. The molecule has 0 atom stereocenters. The van der Waals surface area contributed by atoms with E-state index in [0.717, 1.165) is 34.6 Å². The Balaban J connectivity index is 1.75. The molecule has 0 bridgehead atoms. The van der Waals surface area contributed by atoms with Gasteiger partial charge in [-0.2, -0.15) is 0 Å². The fraction of sp³-hybridized carbons (Fsp3) is 0.231. The number of hydrogen-bond acceptors (Lipinski definition) is 4. The molecule has 4 rings (SSSR count). The molecule has 4 aromatic rings. The minimum absolute atomic E-state index is 0.662. The summed E-state index contributed by atoms with van der Waals surface area (Å²) in [6.07, 6.45) is 0. The van der Waals surface area contributed by atoms with E-state index in [1.54, 1.807) is 0 Å². The molecule has 0 saturated carbocycles. The highest BCUT2D eigenvalue weighted by Gasteiger charge is 2.16. The van der Waals surface area contributed by atoms with Crippen LogP contribution in [-0.4, -0.2) is 23.9 Å². The number of anilines is 1. The maximum Gasteiger partial charge on any atom is 0.159 e. The Labute approximate surface area is 178 Å². The van der Waals surface area contributed by atoms with Gasteiger partial charge in [-0.3, -0.25) is 0 Å². The monoisotopic (exact) mass is 397 g/mol. The summed E-state index contributed by atoms with van der Waals surface area (Å²) in [5, 5.41) is 11.6. The van der Waals surface area contributed by atoms with Crippen molar-refractivity contribution >= 4 is 16.6 Å². The van der Waals surface area contributed by atoms with E-state index in [4.69, 9.17) is 9.84 Å². The highest BCUT2D eigenvalue weighted by molar-refractivity contribution is 6.01. The lowest BCUT2D eigenvalue weighted by molar-refractivity contribution is 0.340.